The van der Waals surface area contributed by atoms with Crippen LogP contribution in [0.2, 0.25) is 0 Å². The molecule has 0 saturated heterocycles. The molecule has 1 fully saturated rings. The van der Waals surface area contributed by atoms with Crippen LogP contribution in [0.5, 0.6) is 0 Å². The molecule has 5 rings (SSSR count). The molecule has 0 unspecified atom stereocenters. The molecule has 5 nitrogen and oxygen atoms in total. The van der Waals surface area contributed by atoms with E-state index >= 15 is 0 Å². The van der Waals surface area contributed by atoms with Gasteiger partial charge in [0.25, 0.3) is 5.91 Å². The fourth-order valence-corrected chi connectivity index (χ4v) is 5.12. The van der Waals surface area contributed by atoms with Crippen molar-refractivity contribution in [2.24, 2.45) is 5.92 Å². The molecule has 2 amide bonds. The van der Waals surface area contributed by atoms with E-state index in [0.717, 1.165) is 54.6 Å². The highest BCUT2D eigenvalue weighted by Crippen LogP contribution is 2.35. The summed E-state index contributed by atoms with van der Waals surface area (Å²) in [5.41, 5.74) is 4.09. The maximum absolute atomic E-state index is 13.6. The van der Waals surface area contributed by atoms with Gasteiger partial charge in [-0.15, -0.1) is 11.3 Å². The number of aromatic nitrogens is 1. The number of amides is 2. The van der Waals surface area contributed by atoms with Crippen molar-refractivity contribution in [1.29, 1.82) is 0 Å². The summed E-state index contributed by atoms with van der Waals surface area (Å²) in [5, 5.41) is 2.68. The van der Waals surface area contributed by atoms with Gasteiger partial charge < -0.3 is 4.90 Å². The summed E-state index contributed by atoms with van der Waals surface area (Å²) >= 11 is 1.47. The van der Waals surface area contributed by atoms with Crippen LogP contribution in [0.1, 0.15) is 41.6 Å². The molecule has 32 heavy (non-hydrogen) atoms. The molecule has 7 heteroatoms. The van der Waals surface area contributed by atoms with Crippen molar-refractivity contribution in [3.05, 3.63) is 64.8 Å². The number of rotatable bonds is 4. The molecular formula is C25H24FN3O2S. The van der Waals surface area contributed by atoms with Crippen LogP contribution in [0.15, 0.2) is 47.8 Å². The van der Waals surface area contributed by atoms with Gasteiger partial charge in [0.15, 0.2) is 5.13 Å². The third kappa shape index (κ3) is 3.81. The molecule has 3 aromatic rings. The van der Waals surface area contributed by atoms with Gasteiger partial charge in [-0.25, -0.2) is 9.37 Å². The van der Waals surface area contributed by atoms with Crippen LogP contribution in [-0.4, -0.2) is 30.4 Å². The Morgan fingerprint density at radius 2 is 2.00 bits per heavy atom. The second-order valence-corrected chi connectivity index (χ2v) is 9.29. The van der Waals surface area contributed by atoms with Gasteiger partial charge >= 0.3 is 0 Å². The number of hydrogen-bond acceptors (Lipinski definition) is 4. The van der Waals surface area contributed by atoms with E-state index in [1.165, 1.54) is 23.5 Å². The molecule has 2 aromatic carbocycles. The van der Waals surface area contributed by atoms with Crippen molar-refractivity contribution in [3.63, 3.8) is 0 Å². The first kappa shape index (κ1) is 20.8. The topological polar surface area (TPSA) is 53.5 Å². The predicted molar refractivity (Wildman–Crippen MR) is 125 cm³/mol. The lowest BCUT2D eigenvalue weighted by molar-refractivity contribution is -0.124. The molecule has 0 N–H and O–H groups in total. The maximum atomic E-state index is 13.6. The molecule has 1 aromatic heterocycles. The number of nitrogens with zero attached hydrogens (tertiary/aromatic N) is 3. The van der Waals surface area contributed by atoms with E-state index in [4.69, 9.17) is 4.98 Å². The average molecular weight is 450 g/mol. The normalized spacial score (nSPS) is 15.8. The first-order chi connectivity index (χ1) is 15.5. The number of carbonyl (C=O) groups excluding carboxylic acids is 2. The quantitative estimate of drug-likeness (QED) is 0.543. The summed E-state index contributed by atoms with van der Waals surface area (Å²) < 4.78 is 13.6. The molecule has 1 saturated carbocycles. The SMILES string of the molecule is CN(C(=O)C1CCC1)c1nc(-c2ccc3c(c2)CCCN3C(=O)c2cccc(F)c2)cs1. The van der Waals surface area contributed by atoms with Crippen LogP contribution in [0, 0.1) is 11.7 Å². The van der Waals surface area contributed by atoms with Crippen molar-refractivity contribution in [2.45, 2.75) is 32.1 Å². The lowest BCUT2D eigenvalue weighted by atomic mass is 9.84. The maximum Gasteiger partial charge on any atom is 0.258 e. The van der Waals surface area contributed by atoms with Gasteiger partial charge in [-0.1, -0.05) is 18.6 Å². The van der Waals surface area contributed by atoms with Crippen LogP contribution in [-0.2, 0) is 11.2 Å². The monoisotopic (exact) mass is 449 g/mol. The van der Waals surface area contributed by atoms with Crippen molar-refractivity contribution in [1.82, 2.24) is 4.98 Å². The fraction of sp³-hybridized carbons (Fsp3) is 0.320. The van der Waals surface area contributed by atoms with E-state index in [2.05, 4.69) is 6.07 Å². The molecule has 2 heterocycles. The number of anilines is 2. The minimum atomic E-state index is -0.413. The van der Waals surface area contributed by atoms with E-state index < -0.39 is 5.82 Å². The number of halogens is 1. The highest BCUT2D eigenvalue weighted by molar-refractivity contribution is 7.14. The Morgan fingerprint density at radius 1 is 1.16 bits per heavy atom. The predicted octanol–water partition coefficient (Wildman–Crippen LogP) is 5.31. The largest absolute Gasteiger partial charge is 0.308 e. The Bertz CT molecular complexity index is 1190. The Hall–Kier alpha value is -3.06. The van der Waals surface area contributed by atoms with Gasteiger partial charge in [-0.3, -0.25) is 14.5 Å². The number of benzene rings is 2. The van der Waals surface area contributed by atoms with Crippen LogP contribution < -0.4 is 9.80 Å². The minimum absolute atomic E-state index is 0.137. The number of fused-ring (bicyclic) bond motifs is 1. The fourth-order valence-electron chi connectivity index (χ4n) is 4.32. The summed E-state index contributed by atoms with van der Waals surface area (Å²) in [4.78, 5) is 33.7. The Labute approximate surface area is 190 Å². The Morgan fingerprint density at radius 3 is 2.75 bits per heavy atom. The smallest absolute Gasteiger partial charge is 0.258 e. The van der Waals surface area contributed by atoms with E-state index in [-0.39, 0.29) is 17.7 Å². The van der Waals surface area contributed by atoms with Crippen molar-refractivity contribution >= 4 is 34.0 Å². The summed E-state index contributed by atoms with van der Waals surface area (Å²) in [5.74, 6) is -0.319. The molecular weight excluding hydrogens is 425 g/mol. The van der Waals surface area contributed by atoms with Gasteiger partial charge in [0.2, 0.25) is 5.91 Å². The number of aryl methyl sites for hydroxylation is 1. The highest BCUT2D eigenvalue weighted by atomic mass is 32.1. The van der Waals surface area contributed by atoms with Crippen molar-refractivity contribution in [2.75, 3.05) is 23.4 Å². The molecule has 1 aliphatic heterocycles. The molecule has 0 bridgehead atoms. The molecule has 0 radical (unpaired) electrons. The van der Waals surface area contributed by atoms with Gasteiger partial charge in [0, 0.05) is 41.7 Å². The van der Waals surface area contributed by atoms with Gasteiger partial charge in [0.05, 0.1) is 5.69 Å². The van der Waals surface area contributed by atoms with Crippen LogP contribution in [0.4, 0.5) is 15.2 Å². The first-order valence-electron chi connectivity index (χ1n) is 10.9. The zero-order valence-electron chi connectivity index (χ0n) is 17.9. The van der Waals surface area contributed by atoms with E-state index in [0.29, 0.717) is 17.2 Å². The van der Waals surface area contributed by atoms with Crippen LogP contribution in [0.3, 0.4) is 0 Å². The second-order valence-electron chi connectivity index (χ2n) is 8.45. The van der Waals surface area contributed by atoms with Gasteiger partial charge in [-0.05, 0) is 61.6 Å². The zero-order valence-corrected chi connectivity index (χ0v) is 18.7. The van der Waals surface area contributed by atoms with Crippen LogP contribution in [0.25, 0.3) is 11.3 Å². The van der Waals surface area contributed by atoms with Crippen molar-refractivity contribution < 1.29 is 14.0 Å². The summed E-state index contributed by atoms with van der Waals surface area (Å²) in [6.45, 7) is 0.608. The minimum Gasteiger partial charge on any atom is -0.308 e. The summed E-state index contributed by atoms with van der Waals surface area (Å²) in [7, 11) is 1.80. The lowest BCUT2D eigenvalue weighted by Gasteiger charge is -2.30. The molecule has 0 spiro atoms. The van der Waals surface area contributed by atoms with E-state index in [1.807, 2.05) is 17.5 Å². The number of thiazole rings is 1. The van der Waals surface area contributed by atoms with Gasteiger partial charge in [-0.2, -0.15) is 0 Å². The highest BCUT2D eigenvalue weighted by Gasteiger charge is 2.30. The summed E-state index contributed by atoms with van der Waals surface area (Å²) in [6.07, 6.45) is 4.78. The molecule has 1 aliphatic carbocycles. The standard InChI is InChI=1S/C25H24FN3O2S/c1-28(23(30)16-5-2-6-16)25-27-21(15-32-25)17-10-11-22-18(13-17)8-4-12-29(22)24(31)19-7-3-9-20(26)14-19/h3,7,9-11,13-16H,2,4-6,8,12H2,1H3. The summed E-state index contributed by atoms with van der Waals surface area (Å²) in [6, 6.07) is 11.8. The zero-order chi connectivity index (χ0) is 22.2. The molecule has 2 aliphatic rings. The second kappa shape index (κ2) is 8.47. The average Bonchev–Trinajstić information content (AvgIpc) is 3.26. The third-order valence-corrected chi connectivity index (χ3v) is 7.29. The molecule has 0 atom stereocenters. The molecule has 164 valence electrons. The number of hydrogen-bond donors (Lipinski definition) is 0. The third-order valence-electron chi connectivity index (χ3n) is 6.37. The van der Waals surface area contributed by atoms with E-state index in [9.17, 15) is 14.0 Å². The number of carbonyl (C=O) groups is 2. The van der Waals surface area contributed by atoms with Gasteiger partial charge in [0.1, 0.15) is 5.82 Å². The van der Waals surface area contributed by atoms with Crippen LogP contribution >= 0.6 is 11.3 Å². The van der Waals surface area contributed by atoms with E-state index in [1.54, 1.807) is 29.0 Å². The first-order valence-corrected chi connectivity index (χ1v) is 11.8. The lowest BCUT2D eigenvalue weighted by Crippen LogP contribution is -2.36. The Kier molecular flexibility index (Phi) is 5.51. The Balaban J connectivity index is 1.39. The van der Waals surface area contributed by atoms with Crippen molar-refractivity contribution in [3.8, 4) is 11.3 Å².